The largest absolute Gasteiger partial charge is 0.496 e. The van der Waals surface area contributed by atoms with Crippen molar-refractivity contribution in [1.82, 2.24) is 0 Å². The van der Waals surface area contributed by atoms with Crippen LogP contribution in [0.25, 0.3) is 17.0 Å². The number of rotatable bonds is 4. The van der Waals surface area contributed by atoms with Gasteiger partial charge >= 0.3 is 5.63 Å². The van der Waals surface area contributed by atoms with Crippen molar-refractivity contribution < 1.29 is 13.9 Å². The normalized spacial score (nSPS) is 12.2. The number of hydrogen-bond donors (Lipinski definition) is 0. The molecule has 0 fully saturated rings. The van der Waals surface area contributed by atoms with Crippen LogP contribution in [0.5, 0.6) is 5.75 Å². The smallest absolute Gasteiger partial charge is 0.336 e. The lowest BCUT2D eigenvalue weighted by atomic mass is 10.1. The Morgan fingerprint density at radius 3 is 2.60 bits per heavy atom. The van der Waals surface area contributed by atoms with E-state index in [0.29, 0.717) is 11.3 Å². The van der Waals surface area contributed by atoms with Gasteiger partial charge in [0.1, 0.15) is 11.3 Å². The summed E-state index contributed by atoms with van der Waals surface area (Å²) in [6.45, 7) is 3.94. The van der Waals surface area contributed by atoms with E-state index in [1.807, 2.05) is 32.1 Å². The third-order valence-electron chi connectivity index (χ3n) is 3.16. The van der Waals surface area contributed by atoms with Gasteiger partial charge in [0.25, 0.3) is 0 Å². The molecule has 0 amide bonds. The lowest BCUT2D eigenvalue weighted by Crippen LogP contribution is -2.18. The molecule has 4 nitrogen and oxygen atoms in total. The highest BCUT2D eigenvalue weighted by atomic mass is 16.5. The summed E-state index contributed by atoms with van der Waals surface area (Å²) in [6, 6.07) is 6.77. The summed E-state index contributed by atoms with van der Waals surface area (Å²) >= 11 is 0. The van der Waals surface area contributed by atoms with Crippen molar-refractivity contribution in [2.75, 3.05) is 14.2 Å². The predicted octanol–water partition coefficient (Wildman–Crippen LogP) is 3.24. The fraction of sp³-hybridized carbons (Fsp3) is 0.312. The highest BCUT2D eigenvalue weighted by Crippen LogP contribution is 2.27. The minimum absolute atomic E-state index is 0.358. The summed E-state index contributed by atoms with van der Waals surface area (Å²) in [5, 5.41) is 0.847. The molecular weight excluding hydrogens is 256 g/mol. The number of fused-ring (bicyclic) bond motifs is 1. The van der Waals surface area contributed by atoms with Crippen LogP contribution in [-0.2, 0) is 4.74 Å². The van der Waals surface area contributed by atoms with E-state index in [4.69, 9.17) is 13.9 Å². The molecule has 4 heteroatoms. The van der Waals surface area contributed by atoms with E-state index in [1.54, 1.807) is 26.4 Å². The maximum atomic E-state index is 11.2. The minimum Gasteiger partial charge on any atom is -0.496 e. The van der Waals surface area contributed by atoms with Crippen LogP contribution in [-0.4, -0.2) is 19.8 Å². The Bertz CT molecular complexity index is 695. The number of benzene rings is 1. The Hall–Kier alpha value is -2.07. The molecule has 0 radical (unpaired) electrons. The van der Waals surface area contributed by atoms with Crippen molar-refractivity contribution in [3.63, 3.8) is 0 Å². The Balaban J connectivity index is 2.52. The summed E-state index contributed by atoms with van der Waals surface area (Å²) < 4.78 is 15.8. The molecule has 0 spiro atoms. The zero-order valence-electron chi connectivity index (χ0n) is 12.1. The van der Waals surface area contributed by atoms with Crippen LogP contribution in [0.4, 0.5) is 0 Å². The molecule has 2 aromatic rings. The van der Waals surface area contributed by atoms with E-state index in [0.717, 1.165) is 10.9 Å². The van der Waals surface area contributed by atoms with Gasteiger partial charge in [-0.2, -0.15) is 0 Å². The lowest BCUT2D eigenvalue weighted by Gasteiger charge is -2.17. The zero-order valence-corrected chi connectivity index (χ0v) is 12.1. The molecule has 20 heavy (non-hydrogen) atoms. The summed E-state index contributed by atoms with van der Waals surface area (Å²) in [6.07, 6.45) is 3.89. The molecule has 0 bridgehead atoms. The van der Waals surface area contributed by atoms with Gasteiger partial charge in [-0.3, -0.25) is 0 Å². The quantitative estimate of drug-likeness (QED) is 0.803. The first-order valence-corrected chi connectivity index (χ1v) is 6.31. The second-order valence-electron chi connectivity index (χ2n) is 5.03. The summed E-state index contributed by atoms with van der Waals surface area (Å²) in [7, 11) is 3.25. The first-order valence-electron chi connectivity index (χ1n) is 6.31. The maximum absolute atomic E-state index is 11.2. The van der Waals surface area contributed by atoms with Gasteiger partial charge in [0.05, 0.1) is 12.7 Å². The topological polar surface area (TPSA) is 48.7 Å². The van der Waals surface area contributed by atoms with Crippen molar-refractivity contribution in [3.05, 3.63) is 46.3 Å². The Morgan fingerprint density at radius 1 is 1.20 bits per heavy atom. The van der Waals surface area contributed by atoms with Crippen LogP contribution in [0.1, 0.15) is 19.4 Å². The van der Waals surface area contributed by atoms with Crippen LogP contribution in [0, 0.1) is 0 Å². The predicted molar refractivity (Wildman–Crippen MR) is 79.2 cm³/mol. The summed E-state index contributed by atoms with van der Waals surface area (Å²) in [4.78, 5) is 11.2. The van der Waals surface area contributed by atoms with Crippen LogP contribution < -0.4 is 10.4 Å². The van der Waals surface area contributed by atoms with Crippen molar-refractivity contribution >= 4 is 17.0 Å². The van der Waals surface area contributed by atoms with Crippen LogP contribution in [0.2, 0.25) is 0 Å². The molecule has 1 aromatic heterocycles. The first-order chi connectivity index (χ1) is 9.45. The fourth-order valence-electron chi connectivity index (χ4n) is 1.78. The fourth-order valence-corrected chi connectivity index (χ4v) is 1.78. The van der Waals surface area contributed by atoms with Gasteiger partial charge in [-0.25, -0.2) is 4.79 Å². The van der Waals surface area contributed by atoms with Gasteiger partial charge in [0, 0.05) is 30.2 Å². The molecule has 0 aliphatic heterocycles. The molecule has 0 unspecified atom stereocenters. The molecule has 1 heterocycles. The highest BCUT2D eigenvalue weighted by Gasteiger charge is 2.12. The Morgan fingerprint density at radius 2 is 1.95 bits per heavy atom. The second-order valence-corrected chi connectivity index (χ2v) is 5.03. The monoisotopic (exact) mass is 274 g/mol. The van der Waals surface area contributed by atoms with E-state index in [9.17, 15) is 4.79 Å². The zero-order chi connectivity index (χ0) is 14.8. The molecule has 0 saturated heterocycles. The van der Waals surface area contributed by atoms with E-state index in [1.165, 1.54) is 6.07 Å². The number of ether oxygens (including phenoxy) is 2. The van der Waals surface area contributed by atoms with Crippen molar-refractivity contribution in [2.24, 2.45) is 0 Å². The average Bonchev–Trinajstić information content (AvgIpc) is 2.44. The van der Waals surface area contributed by atoms with Gasteiger partial charge < -0.3 is 13.9 Å². The van der Waals surface area contributed by atoms with E-state index in [-0.39, 0.29) is 11.2 Å². The van der Waals surface area contributed by atoms with Gasteiger partial charge in [-0.1, -0.05) is 12.2 Å². The minimum atomic E-state index is -0.372. The van der Waals surface area contributed by atoms with E-state index < -0.39 is 0 Å². The Kier molecular flexibility index (Phi) is 3.95. The average molecular weight is 274 g/mol. The molecule has 0 saturated carbocycles. The molecule has 0 aliphatic rings. The molecule has 1 aromatic carbocycles. The summed E-state index contributed by atoms with van der Waals surface area (Å²) in [5.74, 6) is 0.648. The standard InChI is InChI=1S/C16H18O4/c1-16(2,19-4)8-7-12-9-11-5-6-15(17)20-14(11)10-13(12)18-3/h5-10H,1-4H3/b8-7-. The number of methoxy groups -OCH3 is 2. The van der Waals surface area contributed by atoms with E-state index >= 15 is 0 Å². The maximum Gasteiger partial charge on any atom is 0.336 e. The van der Waals surface area contributed by atoms with Crippen LogP contribution >= 0.6 is 0 Å². The van der Waals surface area contributed by atoms with E-state index in [2.05, 4.69) is 0 Å². The summed E-state index contributed by atoms with van der Waals surface area (Å²) in [5.41, 5.74) is 0.684. The third-order valence-corrected chi connectivity index (χ3v) is 3.16. The molecule has 0 aliphatic carbocycles. The molecule has 2 rings (SSSR count). The SMILES string of the molecule is COc1cc2oc(=O)ccc2cc1/C=C\C(C)(C)OC. The molecule has 0 N–H and O–H groups in total. The van der Waals surface area contributed by atoms with Crippen LogP contribution in [0.3, 0.4) is 0 Å². The van der Waals surface area contributed by atoms with Crippen LogP contribution in [0.15, 0.2) is 39.6 Å². The van der Waals surface area contributed by atoms with Crippen molar-refractivity contribution in [1.29, 1.82) is 0 Å². The van der Waals surface area contributed by atoms with Crippen molar-refractivity contribution in [3.8, 4) is 5.75 Å². The van der Waals surface area contributed by atoms with Crippen molar-refractivity contribution in [2.45, 2.75) is 19.4 Å². The van der Waals surface area contributed by atoms with Gasteiger partial charge in [0.15, 0.2) is 0 Å². The van der Waals surface area contributed by atoms with Gasteiger partial charge in [0.2, 0.25) is 0 Å². The first kappa shape index (κ1) is 14.3. The Labute approximate surface area is 117 Å². The molecule has 106 valence electrons. The molecule has 0 atom stereocenters. The second kappa shape index (κ2) is 5.51. The number of hydrogen-bond acceptors (Lipinski definition) is 4. The van der Waals surface area contributed by atoms with Gasteiger partial charge in [-0.15, -0.1) is 0 Å². The third kappa shape index (κ3) is 3.08. The highest BCUT2D eigenvalue weighted by molar-refractivity contribution is 5.82. The lowest BCUT2D eigenvalue weighted by molar-refractivity contribution is 0.0663. The molecular formula is C16H18O4. The van der Waals surface area contributed by atoms with Gasteiger partial charge in [-0.05, 0) is 26.0 Å².